The van der Waals surface area contributed by atoms with Crippen LogP contribution in [0.1, 0.15) is 24.7 Å². The summed E-state index contributed by atoms with van der Waals surface area (Å²) in [6.07, 6.45) is 0. The van der Waals surface area contributed by atoms with Gasteiger partial charge in [-0.1, -0.05) is 54.2 Å². The summed E-state index contributed by atoms with van der Waals surface area (Å²) < 4.78 is 7.38. The molecule has 0 spiro atoms. The second kappa shape index (κ2) is 9.60. The van der Waals surface area contributed by atoms with E-state index in [9.17, 15) is 4.79 Å². The molecule has 2 aromatic carbocycles. The van der Waals surface area contributed by atoms with E-state index in [0.29, 0.717) is 24.1 Å². The molecule has 0 aliphatic carbocycles. The molecule has 0 unspecified atom stereocenters. The van der Waals surface area contributed by atoms with Crippen molar-refractivity contribution < 1.29 is 9.53 Å². The van der Waals surface area contributed by atoms with Crippen LogP contribution in [0.5, 0.6) is 5.75 Å². The summed E-state index contributed by atoms with van der Waals surface area (Å²) in [5, 5.41) is 9.04. The number of aromatic nitrogens is 3. The topological polar surface area (TPSA) is 60.3 Å². The van der Waals surface area contributed by atoms with E-state index in [1.165, 1.54) is 11.8 Å². The highest BCUT2D eigenvalue weighted by Gasteiger charge is 2.28. The highest BCUT2D eigenvalue weighted by Crippen LogP contribution is 2.37. The molecule has 3 aromatic rings. The van der Waals surface area contributed by atoms with Crippen LogP contribution >= 0.6 is 11.8 Å². The first-order valence-corrected chi connectivity index (χ1v) is 10.5. The Morgan fingerprint density at radius 3 is 2.38 bits per heavy atom. The predicted octanol–water partition coefficient (Wildman–Crippen LogP) is 4.19. The van der Waals surface area contributed by atoms with Gasteiger partial charge >= 0.3 is 0 Å². The second-order valence-electron chi connectivity index (χ2n) is 6.48. The second-order valence-corrected chi connectivity index (χ2v) is 7.56. The lowest BCUT2D eigenvalue weighted by molar-refractivity contribution is -0.130. The number of benzene rings is 2. The number of thioether (sulfide) groups is 1. The number of carbonyl (C=O) groups is 1. The van der Waals surface area contributed by atoms with E-state index in [4.69, 9.17) is 4.74 Å². The van der Waals surface area contributed by atoms with Gasteiger partial charge < -0.3 is 14.2 Å². The van der Waals surface area contributed by atoms with E-state index < -0.39 is 0 Å². The monoisotopic (exact) mass is 410 g/mol. The van der Waals surface area contributed by atoms with Crippen molar-refractivity contribution in [3.63, 3.8) is 0 Å². The van der Waals surface area contributed by atoms with Gasteiger partial charge in [0.2, 0.25) is 5.91 Å². The van der Waals surface area contributed by atoms with Gasteiger partial charge in [-0.25, -0.2) is 0 Å². The maximum absolute atomic E-state index is 13.2. The first kappa shape index (κ1) is 20.9. The van der Waals surface area contributed by atoms with Crippen molar-refractivity contribution in [2.45, 2.75) is 24.3 Å². The van der Waals surface area contributed by atoms with Crippen LogP contribution in [-0.4, -0.2) is 45.8 Å². The summed E-state index contributed by atoms with van der Waals surface area (Å²) in [5.41, 5.74) is 1.82. The summed E-state index contributed by atoms with van der Waals surface area (Å²) >= 11 is 1.42. The Hall–Kier alpha value is -2.80. The molecule has 0 aliphatic rings. The fourth-order valence-corrected chi connectivity index (χ4v) is 4.26. The Bertz CT molecular complexity index is 954. The summed E-state index contributed by atoms with van der Waals surface area (Å²) in [7, 11) is 3.55. The van der Waals surface area contributed by atoms with Crippen molar-refractivity contribution in [1.82, 2.24) is 19.7 Å². The average molecular weight is 411 g/mol. The van der Waals surface area contributed by atoms with Crippen molar-refractivity contribution in [3.8, 4) is 17.1 Å². The van der Waals surface area contributed by atoms with E-state index in [0.717, 1.165) is 16.9 Å². The van der Waals surface area contributed by atoms with Gasteiger partial charge in [0.1, 0.15) is 11.0 Å². The molecule has 152 valence electrons. The average Bonchev–Trinajstić information content (AvgIpc) is 3.13. The Morgan fingerprint density at radius 1 is 1.07 bits per heavy atom. The first-order chi connectivity index (χ1) is 14.1. The third-order valence-corrected chi connectivity index (χ3v) is 6.08. The van der Waals surface area contributed by atoms with Crippen LogP contribution in [0, 0.1) is 0 Å². The minimum atomic E-state index is -0.385. The number of para-hydroxylation sites is 1. The zero-order valence-corrected chi connectivity index (χ0v) is 18.0. The number of hydrogen-bond acceptors (Lipinski definition) is 5. The zero-order chi connectivity index (χ0) is 20.8. The highest BCUT2D eigenvalue weighted by molar-refractivity contribution is 8.00. The van der Waals surface area contributed by atoms with Gasteiger partial charge in [0.15, 0.2) is 11.0 Å². The number of amides is 1. The van der Waals surface area contributed by atoms with Crippen molar-refractivity contribution >= 4 is 17.7 Å². The molecule has 0 saturated carbocycles. The number of hydrogen-bond donors (Lipinski definition) is 0. The van der Waals surface area contributed by atoms with Gasteiger partial charge in [0.05, 0.1) is 12.7 Å². The molecule has 1 aromatic heterocycles. The van der Waals surface area contributed by atoms with Crippen LogP contribution in [0.25, 0.3) is 11.4 Å². The van der Waals surface area contributed by atoms with E-state index in [-0.39, 0.29) is 11.2 Å². The summed E-state index contributed by atoms with van der Waals surface area (Å²) in [6.45, 7) is 5.33. The molecule has 3 rings (SSSR count). The molecule has 0 saturated heterocycles. The number of methoxy groups -OCH3 is 1. The normalized spacial score (nSPS) is 11.9. The van der Waals surface area contributed by atoms with Crippen LogP contribution in [0.4, 0.5) is 0 Å². The maximum atomic E-state index is 13.2. The molecule has 6 nitrogen and oxygen atoms in total. The summed E-state index contributed by atoms with van der Waals surface area (Å²) in [5.74, 6) is 1.51. The zero-order valence-electron chi connectivity index (χ0n) is 17.2. The fraction of sp³-hybridized carbons (Fsp3) is 0.318. The number of likely N-dealkylation sites (N-methyl/N-ethyl adjacent to an activating group) is 1. The Kier molecular flexibility index (Phi) is 6.93. The lowest BCUT2D eigenvalue weighted by Crippen LogP contribution is -2.34. The van der Waals surface area contributed by atoms with Gasteiger partial charge in [-0.2, -0.15) is 0 Å². The van der Waals surface area contributed by atoms with Crippen LogP contribution in [0.3, 0.4) is 0 Å². The third kappa shape index (κ3) is 4.45. The molecule has 0 N–H and O–H groups in total. The lowest BCUT2D eigenvalue weighted by Gasteiger charge is -2.24. The molecule has 1 amide bonds. The van der Waals surface area contributed by atoms with Crippen molar-refractivity contribution in [2.75, 3.05) is 20.2 Å². The molecule has 29 heavy (non-hydrogen) atoms. The SMILES string of the molecule is CCN(CC)C(=O)[C@H](Sc1nnc(-c2ccccc2OC)n1C)c1ccccc1. The standard InChI is InChI=1S/C22H26N4O2S/c1-5-26(6-2)21(27)19(16-12-8-7-9-13-16)29-22-24-23-20(25(22)3)17-14-10-11-15-18(17)28-4/h7-15,19H,5-6H2,1-4H3/t19-/m1/s1. The number of carbonyl (C=O) groups excluding carboxylic acids is 1. The Labute approximate surface area is 175 Å². The minimum Gasteiger partial charge on any atom is -0.496 e. The number of ether oxygens (including phenoxy) is 1. The van der Waals surface area contributed by atoms with E-state index >= 15 is 0 Å². The smallest absolute Gasteiger partial charge is 0.240 e. The predicted molar refractivity (Wildman–Crippen MR) is 116 cm³/mol. The van der Waals surface area contributed by atoms with Gasteiger partial charge in [-0.15, -0.1) is 10.2 Å². The molecule has 0 bridgehead atoms. The highest BCUT2D eigenvalue weighted by atomic mass is 32.2. The fourth-order valence-electron chi connectivity index (χ4n) is 3.18. The molecule has 0 fully saturated rings. The van der Waals surface area contributed by atoms with E-state index in [2.05, 4.69) is 10.2 Å². The van der Waals surface area contributed by atoms with Gasteiger partial charge in [-0.3, -0.25) is 4.79 Å². The van der Waals surface area contributed by atoms with Crippen LogP contribution in [0.15, 0.2) is 59.8 Å². The molecular formula is C22H26N4O2S. The van der Waals surface area contributed by atoms with Crippen LogP contribution in [0.2, 0.25) is 0 Å². The first-order valence-electron chi connectivity index (χ1n) is 9.63. The Morgan fingerprint density at radius 2 is 1.72 bits per heavy atom. The Balaban J connectivity index is 1.97. The largest absolute Gasteiger partial charge is 0.496 e. The van der Waals surface area contributed by atoms with Gasteiger partial charge in [0, 0.05) is 20.1 Å². The van der Waals surface area contributed by atoms with Crippen molar-refractivity contribution in [1.29, 1.82) is 0 Å². The molecule has 0 radical (unpaired) electrons. The van der Waals surface area contributed by atoms with Crippen molar-refractivity contribution in [2.24, 2.45) is 7.05 Å². The molecule has 0 aliphatic heterocycles. The summed E-state index contributed by atoms with van der Waals surface area (Å²) in [4.78, 5) is 15.1. The molecule has 7 heteroatoms. The lowest BCUT2D eigenvalue weighted by atomic mass is 10.1. The molecule has 1 heterocycles. The molecular weight excluding hydrogens is 384 g/mol. The number of rotatable bonds is 8. The minimum absolute atomic E-state index is 0.0769. The van der Waals surface area contributed by atoms with Crippen LogP contribution in [-0.2, 0) is 11.8 Å². The quantitative estimate of drug-likeness (QED) is 0.521. The van der Waals surface area contributed by atoms with E-state index in [1.807, 2.05) is 85.0 Å². The third-order valence-electron chi connectivity index (χ3n) is 4.81. The number of nitrogens with zero attached hydrogens (tertiary/aromatic N) is 4. The van der Waals surface area contributed by atoms with Crippen molar-refractivity contribution in [3.05, 3.63) is 60.2 Å². The van der Waals surface area contributed by atoms with Gasteiger partial charge in [0.25, 0.3) is 0 Å². The van der Waals surface area contributed by atoms with E-state index in [1.54, 1.807) is 7.11 Å². The summed E-state index contributed by atoms with van der Waals surface area (Å²) in [6, 6.07) is 17.5. The van der Waals surface area contributed by atoms with Gasteiger partial charge in [-0.05, 0) is 31.5 Å². The maximum Gasteiger partial charge on any atom is 0.240 e. The van der Waals surface area contributed by atoms with Crippen LogP contribution < -0.4 is 4.74 Å². The molecule has 1 atom stereocenters.